The molecule has 7 heteroatoms. The molecule has 0 saturated heterocycles. The molecule has 2 fully saturated rings. The molecule has 0 N–H and O–H groups in total. The van der Waals surface area contributed by atoms with Crippen LogP contribution in [0.3, 0.4) is 0 Å². The molecular formula is C23H29N3O4. The summed E-state index contributed by atoms with van der Waals surface area (Å²) in [5.41, 5.74) is 0.600. The number of rotatable bonds is 7. The van der Waals surface area contributed by atoms with Crippen LogP contribution in [0.4, 0.5) is 0 Å². The number of carbonyl (C=O) groups is 2. The lowest BCUT2D eigenvalue weighted by Gasteiger charge is -2.31. The van der Waals surface area contributed by atoms with Gasteiger partial charge in [-0.3, -0.25) is 19.0 Å². The van der Waals surface area contributed by atoms with Gasteiger partial charge >= 0.3 is 5.97 Å². The molecule has 160 valence electrons. The fraction of sp³-hybridized carbons (Fsp3) is 0.565. The number of aromatic nitrogens is 2. The number of amides is 1. The Balaban J connectivity index is 1.36. The van der Waals surface area contributed by atoms with Crippen LogP contribution in [0.25, 0.3) is 10.9 Å². The minimum atomic E-state index is -0.440. The first kappa shape index (κ1) is 20.6. The van der Waals surface area contributed by atoms with Crippen molar-refractivity contribution in [3.8, 4) is 0 Å². The van der Waals surface area contributed by atoms with E-state index in [4.69, 9.17) is 4.74 Å². The molecular weight excluding hydrogens is 382 g/mol. The van der Waals surface area contributed by atoms with Gasteiger partial charge in [-0.15, -0.1) is 0 Å². The van der Waals surface area contributed by atoms with Crippen molar-refractivity contribution in [1.82, 2.24) is 14.5 Å². The van der Waals surface area contributed by atoms with Crippen molar-refractivity contribution in [3.05, 3.63) is 40.4 Å². The average molecular weight is 412 g/mol. The van der Waals surface area contributed by atoms with Gasteiger partial charge in [-0.2, -0.15) is 0 Å². The molecule has 1 heterocycles. The summed E-state index contributed by atoms with van der Waals surface area (Å²) in [6.07, 6.45) is 7.87. The highest BCUT2D eigenvalue weighted by Crippen LogP contribution is 2.35. The van der Waals surface area contributed by atoms with Crippen LogP contribution in [0.5, 0.6) is 0 Å². The molecule has 2 aliphatic rings. The van der Waals surface area contributed by atoms with Gasteiger partial charge in [0.15, 0.2) is 6.61 Å². The van der Waals surface area contributed by atoms with Crippen LogP contribution >= 0.6 is 0 Å². The summed E-state index contributed by atoms with van der Waals surface area (Å²) in [5.74, 6) is 0.0166. The van der Waals surface area contributed by atoms with E-state index in [1.807, 2.05) is 18.2 Å². The van der Waals surface area contributed by atoms with E-state index in [1.54, 1.807) is 22.6 Å². The van der Waals surface area contributed by atoms with Crippen LogP contribution in [0.15, 0.2) is 29.1 Å². The second-order valence-electron chi connectivity index (χ2n) is 8.41. The zero-order valence-corrected chi connectivity index (χ0v) is 17.5. The van der Waals surface area contributed by atoms with Crippen molar-refractivity contribution in [3.63, 3.8) is 0 Å². The fourth-order valence-electron chi connectivity index (χ4n) is 4.28. The number of ether oxygens (including phenoxy) is 1. The Hall–Kier alpha value is -2.70. The third-order valence-electron chi connectivity index (χ3n) is 6.22. The molecule has 30 heavy (non-hydrogen) atoms. The molecule has 7 nitrogen and oxygen atoms in total. The molecule has 2 aromatic rings. The zero-order chi connectivity index (χ0) is 21.1. The summed E-state index contributed by atoms with van der Waals surface area (Å²) in [4.78, 5) is 43.8. The van der Waals surface area contributed by atoms with E-state index >= 15 is 0 Å². The molecule has 1 aromatic heterocycles. The number of aryl methyl sites for hydroxylation is 1. The van der Waals surface area contributed by atoms with E-state index in [-0.39, 0.29) is 36.6 Å². The Morgan fingerprint density at radius 1 is 1.13 bits per heavy atom. The molecule has 0 aliphatic heterocycles. The second kappa shape index (κ2) is 8.98. The maximum absolute atomic E-state index is 12.9. The Morgan fingerprint density at radius 2 is 1.87 bits per heavy atom. The number of esters is 1. The Bertz CT molecular complexity index is 990. The lowest BCUT2D eigenvalue weighted by molar-refractivity contribution is -0.152. The fourth-order valence-corrected chi connectivity index (χ4v) is 4.28. The second-order valence-corrected chi connectivity index (χ2v) is 8.41. The third kappa shape index (κ3) is 4.55. The van der Waals surface area contributed by atoms with Crippen molar-refractivity contribution >= 4 is 22.8 Å². The predicted octanol–water partition coefficient (Wildman–Crippen LogP) is 3.00. The highest BCUT2D eigenvalue weighted by molar-refractivity contribution is 5.81. The van der Waals surface area contributed by atoms with Crippen LogP contribution in [-0.4, -0.2) is 46.0 Å². The quantitative estimate of drug-likeness (QED) is 0.654. The van der Waals surface area contributed by atoms with Crippen molar-refractivity contribution in [1.29, 1.82) is 0 Å². The molecule has 2 saturated carbocycles. The number of fused-ring (bicyclic) bond motifs is 1. The number of para-hydroxylation sites is 1. The summed E-state index contributed by atoms with van der Waals surface area (Å²) in [7, 11) is 1.79. The van der Waals surface area contributed by atoms with E-state index in [0.717, 1.165) is 38.5 Å². The van der Waals surface area contributed by atoms with Gasteiger partial charge in [0.1, 0.15) is 5.82 Å². The van der Waals surface area contributed by atoms with Crippen LogP contribution in [0, 0.1) is 0 Å². The van der Waals surface area contributed by atoms with Gasteiger partial charge in [-0.1, -0.05) is 31.4 Å². The van der Waals surface area contributed by atoms with E-state index < -0.39 is 5.97 Å². The number of carbonyl (C=O) groups excluding carboxylic acids is 2. The number of likely N-dealkylation sites (N-methyl/N-ethyl adjacent to an activating group) is 1. The standard InChI is InChI=1S/C23H29N3O4/c1-25(16-7-3-2-4-8-16)21(27)15-30-22(28)14-13-20-24-19-10-6-5-9-18(19)23(29)26(20)17-11-12-17/h5-6,9-10,16-17H,2-4,7-8,11-15H2,1H3. The highest BCUT2D eigenvalue weighted by atomic mass is 16.5. The van der Waals surface area contributed by atoms with Crippen molar-refractivity contribution in [2.75, 3.05) is 13.7 Å². The van der Waals surface area contributed by atoms with Crippen LogP contribution in [0.2, 0.25) is 0 Å². The molecule has 1 amide bonds. The maximum Gasteiger partial charge on any atom is 0.306 e. The van der Waals surface area contributed by atoms with Crippen molar-refractivity contribution in [2.45, 2.75) is 69.9 Å². The Kier molecular flexibility index (Phi) is 6.16. The largest absolute Gasteiger partial charge is 0.456 e. The lowest BCUT2D eigenvalue weighted by Crippen LogP contribution is -2.40. The molecule has 0 radical (unpaired) electrons. The van der Waals surface area contributed by atoms with Crippen molar-refractivity contribution in [2.24, 2.45) is 0 Å². The van der Waals surface area contributed by atoms with Crippen LogP contribution < -0.4 is 5.56 Å². The summed E-state index contributed by atoms with van der Waals surface area (Å²) in [6.45, 7) is -0.230. The van der Waals surface area contributed by atoms with Crippen LogP contribution in [-0.2, 0) is 20.7 Å². The zero-order valence-electron chi connectivity index (χ0n) is 17.5. The SMILES string of the molecule is CN(C(=O)COC(=O)CCc1nc2ccccc2c(=O)n1C1CC1)C1CCCCC1. The molecule has 0 bridgehead atoms. The minimum absolute atomic E-state index is 0.0456. The smallest absolute Gasteiger partial charge is 0.306 e. The summed E-state index contributed by atoms with van der Waals surface area (Å²) >= 11 is 0. The van der Waals surface area contributed by atoms with Gasteiger partial charge in [0.25, 0.3) is 11.5 Å². The monoisotopic (exact) mass is 411 g/mol. The third-order valence-corrected chi connectivity index (χ3v) is 6.22. The Morgan fingerprint density at radius 3 is 2.60 bits per heavy atom. The van der Waals surface area contributed by atoms with Gasteiger partial charge < -0.3 is 9.64 Å². The van der Waals surface area contributed by atoms with Gasteiger partial charge in [0.2, 0.25) is 0 Å². The van der Waals surface area contributed by atoms with E-state index in [9.17, 15) is 14.4 Å². The van der Waals surface area contributed by atoms with Gasteiger partial charge in [-0.05, 0) is 37.8 Å². The van der Waals surface area contributed by atoms with E-state index in [1.165, 1.54) is 6.42 Å². The number of benzene rings is 1. The molecule has 2 aliphatic carbocycles. The van der Waals surface area contributed by atoms with Crippen LogP contribution in [0.1, 0.15) is 63.2 Å². The van der Waals surface area contributed by atoms with Gasteiger partial charge in [-0.25, -0.2) is 4.98 Å². The predicted molar refractivity (Wildman–Crippen MR) is 113 cm³/mol. The average Bonchev–Trinajstić information content (AvgIpc) is 3.61. The lowest BCUT2D eigenvalue weighted by atomic mass is 9.94. The minimum Gasteiger partial charge on any atom is -0.456 e. The Labute approximate surface area is 176 Å². The summed E-state index contributed by atoms with van der Waals surface area (Å²) < 4.78 is 6.96. The van der Waals surface area contributed by atoms with Crippen molar-refractivity contribution < 1.29 is 14.3 Å². The topological polar surface area (TPSA) is 81.5 Å². The normalized spacial score (nSPS) is 17.1. The molecule has 0 spiro atoms. The van der Waals surface area contributed by atoms with E-state index in [0.29, 0.717) is 23.1 Å². The summed E-state index contributed by atoms with van der Waals surface area (Å²) in [6, 6.07) is 7.71. The molecule has 0 unspecified atom stereocenters. The maximum atomic E-state index is 12.9. The van der Waals surface area contributed by atoms with Gasteiger partial charge in [0, 0.05) is 25.6 Å². The highest BCUT2D eigenvalue weighted by Gasteiger charge is 2.28. The first-order chi connectivity index (χ1) is 14.5. The number of hydrogen-bond acceptors (Lipinski definition) is 5. The molecule has 4 rings (SSSR count). The molecule has 1 aromatic carbocycles. The van der Waals surface area contributed by atoms with E-state index in [2.05, 4.69) is 4.98 Å². The summed E-state index contributed by atoms with van der Waals surface area (Å²) in [5, 5.41) is 0.604. The first-order valence-corrected chi connectivity index (χ1v) is 11.0. The first-order valence-electron chi connectivity index (χ1n) is 11.0. The molecule has 0 atom stereocenters. The van der Waals surface area contributed by atoms with Gasteiger partial charge in [0.05, 0.1) is 17.3 Å². The number of hydrogen-bond donors (Lipinski definition) is 0. The number of nitrogens with zero attached hydrogens (tertiary/aromatic N) is 3.